The summed E-state index contributed by atoms with van der Waals surface area (Å²) in [6, 6.07) is 2.60. The first-order valence-electron chi connectivity index (χ1n) is 8.17. The molecule has 2 fully saturated rings. The zero-order valence-electron chi connectivity index (χ0n) is 13.6. The van der Waals surface area contributed by atoms with Crippen LogP contribution in [-0.4, -0.2) is 34.2 Å². The third kappa shape index (κ3) is 4.06. The summed E-state index contributed by atoms with van der Waals surface area (Å²) in [5.41, 5.74) is 0.965. The van der Waals surface area contributed by atoms with E-state index in [1.165, 1.54) is 19.3 Å². The summed E-state index contributed by atoms with van der Waals surface area (Å²) in [5, 5.41) is 7.01. The molecule has 2 aliphatic rings. The van der Waals surface area contributed by atoms with Crippen molar-refractivity contribution < 1.29 is 0 Å². The topological polar surface area (TPSA) is 53.1 Å². The number of aryl methyl sites for hydroxylation is 1. The molecule has 2 N–H and O–H groups in total. The standard InChI is InChI=1S/C16H25N5S/c1-10-6-11(2)9-21(8-10)14-7-12(3)17-15(19-14)20-16(22)18-13-4-5-13/h7,10-11,13H,4-6,8-9H2,1-3H3,(H2,17,18,19,20,22)/t10-,11-/m1/s1. The number of hydrogen-bond acceptors (Lipinski definition) is 4. The average Bonchev–Trinajstić information content (AvgIpc) is 3.20. The van der Waals surface area contributed by atoms with Crippen molar-refractivity contribution in [1.82, 2.24) is 15.3 Å². The average molecular weight is 319 g/mol. The molecule has 6 heteroatoms. The first-order valence-corrected chi connectivity index (χ1v) is 8.58. The molecule has 1 aliphatic carbocycles. The van der Waals surface area contributed by atoms with Gasteiger partial charge in [0.15, 0.2) is 5.11 Å². The highest BCUT2D eigenvalue weighted by Gasteiger charge is 2.24. The Labute approximate surface area is 137 Å². The second-order valence-electron chi connectivity index (χ2n) is 6.91. The lowest BCUT2D eigenvalue weighted by Crippen LogP contribution is -2.39. The molecule has 0 unspecified atom stereocenters. The number of rotatable bonds is 3. The highest BCUT2D eigenvalue weighted by atomic mass is 32.1. The molecule has 1 aromatic rings. The van der Waals surface area contributed by atoms with E-state index in [1.54, 1.807) is 0 Å². The van der Waals surface area contributed by atoms with Gasteiger partial charge < -0.3 is 15.5 Å². The molecule has 0 radical (unpaired) electrons. The van der Waals surface area contributed by atoms with Crippen LogP contribution in [0.4, 0.5) is 11.8 Å². The second kappa shape index (κ2) is 6.36. The van der Waals surface area contributed by atoms with Gasteiger partial charge in [-0.2, -0.15) is 4.98 Å². The Bertz CT molecular complexity index is 547. The summed E-state index contributed by atoms with van der Waals surface area (Å²) >= 11 is 5.32. The van der Waals surface area contributed by atoms with E-state index >= 15 is 0 Å². The van der Waals surface area contributed by atoms with Crippen LogP contribution in [0, 0.1) is 18.8 Å². The van der Waals surface area contributed by atoms with Crippen LogP contribution in [0.25, 0.3) is 0 Å². The Kier molecular flexibility index (Phi) is 4.47. The number of hydrogen-bond donors (Lipinski definition) is 2. The van der Waals surface area contributed by atoms with E-state index in [4.69, 9.17) is 12.2 Å². The maximum absolute atomic E-state index is 5.32. The zero-order chi connectivity index (χ0) is 15.7. The molecule has 0 bridgehead atoms. The normalized spacial score (nSPS) is 25.0. The van der Waals surface area contributed by atoms with Crippen molar-refractivity contribution in [2.75, 3.05) is 23.3 Å². The lowest BCUT2D eigenvalue weighted by molar-refractivity contribution is 0.355. The van der Waals surface area contributed by atoms with Crippen LogP contribution >= 0.6 is 12.2 Å². The van der Waals surface area contributed by atoms with E-state index in [0.29, 0.717) is 28.9 Å². The van der Waals surface area contributed by atoms with Crippen molar-refractivity contribution in [2.45, 2.75) is 46.1 Å². The van der Waals surface area contributed by atoms with Crippen LogP contribution in [0.5, 0.6) is 0 Å². The minimum absolute atomic E-state index is 0.535. The number of anilines is 2. The van der Waals surface area contributed by atoms with Gasteiger partial charge in [-0.3, -0.25) is 0 Å². The Hall–Kier alpha value is -1.43. The van der Waals surface area contributed by atoms with E-state index in [1.807, 2.05) is 6.92 Å². The number of thiocarbonyl (C=S) groups is 1. The Morgan fingerprint density at radius 1 is 1.23 bits per heavy atom. The summed E-state index contributed by atoms with van der Waals surface area (Å²) in [4.78, 5) is 11.5. The summed E-state index contributed by atoms with van der Waals surface area (Å²) in [6.45, 7) is 8.75. The largest absolute Gasteiger partial charge is 0.360 e. The summed E-state index contributed by atoms with van der Waals surface area (Å²) in [5.74, 6) is 3.00. The van der Waals surface area contributed by atoms with Crippen LogP contribution in [-0.2, 0) is 0 Å². The SMILES string of the molecule is Cc1cc(N2C[C@H](C)C[C@@H](C)C2)nc(NC(=S)NC2CC2)n1. The molecule has 0 spiro atoms. The molecule has 1 aliphatic heterocycles. The monoisotopic (exact) mass is 319 g/mol. The van der Waals surface area contributed by atoms with Crippen LogP contribution < -0.4 is 15.5 Å². The predicted octanol–water partition coefficient (Wildman–Crippen LogP) is 2.72. The van der Waals surface area contributed by atoms with Gasteiger partial charge in [0.25, 0.3) is 0 Å². The van der Waals surface area contributed by atoms with Gasteiger partial charge >= 0.3 is 0 Å². The van der Waals surface area contributed by atoms with Crippen LogP contribution in [0.2, 0.25) is 0 Å². The molecule has 2 heterocycles. The van der Waals surface area contributed by atoms with Gasteiger partial charge in [-0.1, -0.05) is 13.8 Å². The van der Waals surface area contributed by atoms with Crippen LogP contribution in [0.3, 0.4) is 0 Å². The minimum atomic E-state index is 0.535. The van der Waals surface area contributed by atoms with Gasteiger partial charge in [-0.05, 0) is 50.2 Å². The van der Waals surface area contributed by atoms with Crippen molar-refractivity contribution in [3.05, 3.63) is 11.8 Å². The lowest BCUT2D eigenvalue weighted by atomic mass is 9.92. The number of nitrogens with zero attached hydrogens (tertiary/aromatic N) is 3. The quantitative estimate of drug-likeness (QED) is 0.836. The zero-order valence-corrected chi connectivity index (χ0v) is 14.4. The van der Waals surface area contributed by atoms with Crippen molar-refractivity contribution in [3.63, 3.8) is 0 Å². The van der Waals surface area contributed by atoms with E-state index in [9.17, 15) is 0 Å². The van der Waals surface area contributed by atoms with Gasteiger partial charge in [0.2, 0.25) is 5.95 Å². The second-order valence-corrected chi connectivity index (χ2v) is 7.32. The van der Waals surface area contributed by atoms with Crippen LogP contribution in [0.15, 0.2) is 6.07 Å². The molecule has 22 heavy (non-hydrogen) atoms. The molecule has 120 valence electrons. The third-order valence-corrected chi connectivity index (χ3v) is 4.39. The van der Waals surface area contributed by atoms with Crippen molar-refractivity contribution in [1.29, 1.82) is 0 Å². The molecule has 1 aromatic heterocycles. The Morgan fingerprint density at radius 3 is 2.55 bits per heavy atom. The van der Waals surface area contributed by atoms with Gasteiger partial charge in [-0.15, -0.1) is 0 Å². The smallest absolute Gasteiger partial charge is 0.231 e. The third-order valence-electron chi connectivity index (χ3n) is 4.17. The van der Waals surface area contributed by atoms with E-state index in [2.05, 4.69) is 45.4 Å². The molecule has 0 amide bonds. The molecule has 0 aromatic carbocycles. The predicted molar refractivity (Wildman–Crippen MR) is 94.3 cm³/mol. The highest BCUT2D eigenvalue weighted by molar-refractivity contribution is 7.80. The Balaban J connectivity index is 1.72. The minimum Gasteiger partial charge on any atom is -0.360 e. The number of aromatic nitrogens is 2. The molecule has 1 saturated heterocycles. The van der Waals surface area contributed by atoms with E-state index in [-0.39, 0.29) is 0 Å². The maximum Gasteiger partial charge on any atom is 0.231 e. The van der Waals surface area contributed by atoms with Crippen LogP contribution in [0.1, 0.15) is 38.8 Å². The fraction of sp³-hybridized carbons (Fsp3) is 0.688. The fourth-order valence-electron chi connectivity index (χ4n) is 3.17. The van der Waals surface area contributed by atoms with Crippen molar-refractivity contribution in [2.24, 2.45) is 11.8 Å². The van der Waals surface area contributed by atoms with E-state index in [0.717, 1.165) is 24.6 Å². The number of nitrogens with one attached hydrogen (secondary N) is 2. The van der Waals surface area contributed by atoms with Gasteiger partial charge in [0, 0.05) is 30.9 Å². The summed E-state index contributed by atoms with van der Waals surface area (Å²) < 4.78 is 0. The van der Waals surface area contributed by atoms with Crippen molar-refractivity contribution in [3.8, 4) is 0 Å². The van der Waals surface area contributed by atoms with Crippen molar-refractivity contribution >= 4 is 29.1 Å². The summed E-state index contributed by atoms with van der Waals surface area (Å²) in [7, 11) is 0. The highest BCUT2D eigenvalue weighted by Crippen LogP contribution is 2.26. The molecule has 3 rings (SSSR count). The molecular formula is C16H25N5S. The molecular weight excluding hydrogens is 294 g/mol. The Morgan fingerprint density at radius 2 is 1.91 bits per heavy atom. The van der Waals surface area contributed by atoms with E-state index < -0.39 is 0 Å². The molecule has 2 atom stereocenters. The summed E-state index contributed by atoms with van der Waals surface area (Å²) in [6.07, 6.45) is 3.69. The first kappa shape index (κ1) is 15.5. The molecule has 1 saturated carbocycles. The maximum atomic E-state index is 5.32. The number of piperidine rings is 1. The van der Waals surface area contributed by atoms with Gasteiger partial charge in [-0.25, -0.2) is 4.98 Å². The first-order chi connectivity index (χ1) is 10.5. The van der Waals surface area contributed by atoms with Gasteiger partial charge in [0.05, 0.1) is 0 Å². The molecule has 5 nitrogen and oxygen atoms in total. The van der Waals surface area contributed by atoms with Gasteiger partial charge in [0.1, 0.15) is 5.82 Å². The lowest BCUT2D eigenvalue weighted by Gasteiger charge is -2.36. The fourth-order valence-corrected chi connectivity index (χ4v) is 3.43.